The first kappa shape index (κ1) is 19.3. The lowest BCUT2D eigenvalue weighted by Gasteiger charge is -2.07. The molecule has 2 rings (SSSR count). The second kappa shape index (κ2) is 11.5. The van der Waals surface area contributed by atoms with E-state index >= 15 is 0 Å². The van der Waals surface area contributed by atoms with Gasteiger partial charge in [0.1, 0.15) is 11.5 Å². The van der Waals surface area contributed by atoms with E-state index in [9.17, 15) is 0 Å². The topological polar surface area (TPSA) is 27.7 Å². The molecule has 0 N–H and O–H groups in total. The number of hydrogen-bond acceptors (Lipinski definition) is 3. The zero-order chi connectivity index (χ0) is 17.7. The Labute approximate surface area is 151 Å². The molecular weight excluding hydrogens is 312 g/mol. The Bertz CT molecular complexity index is 556. The van der Waals surface area contributed by atoms with Crippen molar-refractivity contribution < 1.29 is 14.2 Å². The van der Waals surface area contributed by atoms with Crippen LogP contribution >= 0.6 is 0 Å². The number of aryl methyl sites for hydroxylation is 2. The molecule has 0 atom stereocenters. The zero-order valence-electron chi connectivity index (χ0n) is 15.5. The normalized spacial score (nSPS) is 10.6. The van der Waals surface area contributed by atoms with Gasteiger partial charge in [0.25, 0.3) is 0 Å². The fourth-order valence-corrected chi connectivity index (χ4v) is 2.82. The molecule has 0 aromatic heterocycles. The van der Waals surface area contributed by atoms with Crippen LogP contribution in [-0.4, -0.2) is 27.4 Å². The minimum atomic E-state index is 0.850. The summed E-state index contributed by atoms with van der Waals surface area (Å²) in [5.41, 5.74) is 2.66. The van der Waals surface area contributed by atoms with E-state index in [0.717, 1.165) is 63.2 Å². The van der Waals surface area contributed by atoms with Crippen LogP contribution in [0.4, 0.5) is 0 Å². The Morgan fingerprint density at radius 3 is 1.56 bits per heavy atom. The molecule has 0 spiro atoms. The lowest BCUT2D eigenvalue weighted by molar-refractivity contribution is 0.127. The molecule has 0 unspecified atom stereocenters. The van der Waals surface area contributed by atoms with Gasteiger partial charge in [0, 0.05) is 13.2 Å². The Morgan fingerprint density at radius 2 is 1.12 bits per heavy atom. The van der Waals surface area contributed by atoms with Crippen LogP contribution in [0.1, 0.15) is 36.8 Å². The van der Waals surface area contributed by atoms with Crippen LogP contribution < -0.4 is 9.47 Å². The number of unbranched alkanes of at least 4 members (excludes halogenated alkanes) is 2. The SMILES string of the molecule is COc1cccc(CCCCOCCCCc2cccc(OC)c2)c1. The number of methoxy groups -OCH3 is 2. The number of rotatable bonds is 12. The van der Waals surface area contributed by atoms with Crippen molar-refractivity contribution in [2.24, 2.45) is 0 Å². The molecule has 25 heavy (non-hydrogen) atoms. The first-order valence-corrected chi connectivity index (χ1v) is 9.15. The van der Waals surface area contributed by atoms with Crippen LogP contribution in [0.2, 0.25) is 0 Å². The van der Waals surface area contributed by atoms with Crippen molar-refractivity contribution >= 4 is 0 Å². The van der Waals surface area contributed by atoms with E-state index in [0.29, 0.717) is 0 Å². The van der Waals surface area contributed by atoms with E-state index in [-0.39, 0.29) is 0 Å². The molecule has 2 aromatic carbocycles. The number of hydrogen-bond donors (Lipinski definition) is 0. The summed E-state index contributed by atoms with van der Waals surface area (Å²) in [5, 5.41) is 0. The zero-order valence-corrected chi connectivity index (χ0v) is 15.5. The van der Waals surface area contributed by atoms with Crippen LogP contribution in [0.15, 0.2) is 48.5 Å². The maximum absolute atomic E-state index is 5.75. The second-order valence-corrected chi connectivity index (χ2v) is 6.23. The van der Waals surface area contributed by atoms with Crippen molar-refractivity contribution in [3.8, 4) is 11.5 Å². The average Bonchev–Trinajstić information content (AvgIpc) is 2.67. The highest BCUT2D eigenvalue weighted by Crippen LogP contribution is 2.15. The van der Waals surface area contributed by atoms with Gasteiger partial charge in [-0.05, 0) is 73.9 Å². The molecule has 3 nitrogen and oxygen atoms in total. The highest BCUT2D eigenvalue weighted by Gasteiger charge is 1.98. The van der Waals surface area contributed by atoms with Gasteiger partial charge in [-0.2, -0.15) is 0 Å². The Balaban J connectivity index is 1.48. The summed E-state index contributed by atoms with van der Waals surface area (Å²) >= 11 is 0. The summed E-state index contributed by atoms with van der Waals surface area (Å²) < 4.78 is 16.3. The summed E-state index contributed by atoms with van der Waals surface area (Å²) in [7, 11) is 3.42. The highest BCUT2D eigenvalue weighted by atomic mass is 16.5. The molecule has 0 aliphatic rings. The van der Waals surface area contributed by atoms with Gasteiger partial charge in [0.05, 0.1) is 14.2 Å². The molecule has 0 radical (unpaired) electrons. The highest BCUT2D eigenvalue weighted by molar-refractivity contribution is 5.29. The van der Waals surface area contributed by atoms with E-state index in [4.69, 9.17) is 14.2 Å². The minimum Gasteiger partial charge on any atom is -0.497 e. The third-order valence-corrected chi connectivity index (χ3v) is 4.28. The Hall–Kier alpha value is -2.00. The number of ether oxygens (including phenoxy) is 3. The summed E-state index contributed by atoms with van der Waals surface area (Å²) in [5.74, 6) is 1.87. The van der Waals surface area contributed by atoms with E-state index in [1.165, 1.54) is 11.1 Å². The van der Waals surface area contributed by atoms with Gasteiger partial charge >= 0.3 is 0 Å². The van der Waals surface area contributed by atoms with Crippen LogP contribution in [0.25, 0.3) is 0 Å². The van der Waals surface area contributed by atoms with Crippen molar-refractivity contribution in [2.75, 3.05) is 27.4 Å². The molecule has 136 valence electrons. The second-order valence-electron chi connectivity index (χ2n) is 6.23. The van der Waals surface area contributed by atoms with Gasteiger partial charge in [-0.25, -0.2) is 0 Å². The standard InChI is InChI=1S/C22H30O3/c1-23-21-13-7-11-19(17-21)9-3-5-15-25-16-6-4-10-20-12-8-14-22(18-20)24-2/h7-8,11-14,17-18H,3-6,9-10,15-16H2,1-2H3. The largest absolute Gasteiger partial charge is 0.497 e. The molecule has 0 aliphatic carbocycles. The van der Waals surface area contributed by atoms with Gasteiger partial charge in [-0.3, -0.25) is 0 Å². The molecule has 0 amide bonds. The lowest BCUT2D eigenvalue weighted by Crippen LogP contribution is -1.99. The molecule has 2 aromatic rings. The first-order chi connectivity index (χ1) is 12.3. The maximum Gasteiger partial charge on any atom is 0.119 e. The third kappa shape index (κ3) is 7.61. The minimum absolute atomic E-state index is 0.850. The van der Waals surface area contributed by atoms with Crippen molar-refractivity contribution in [1.82, 2.24) is 0 Å². The fourth-order valence-electron chi connectivity index (χ4n) is 2.82. The Kier molecular flexibility index (Phi) is 8.92. The predicted molar refractivity (Wildman–Crippen MR) is 103 cm³/mol. The monoisotopic (exact) mass is 342 g/mol. The van der Waals surface area contributed by atoms with Gasteiger partial charge in [-0.1, -0.05) is 24.3 Å². The van der Waals surface area contributed by atoms with Crippen molar-refractivity contribution in [3.63, 3.8) is 0 Å². The van der Waals surface area contributed by atoms with Crippen molar-refractivity contribution in [2.45, 2.75) is 38.5 Å². The summed E-state index contributed by atoms with van der Waals surface area (Å²) in [6.45, 7) is 1.70. The van der Waals surface area contributed by atoms with Crippen molar-refractivity contribution in [3.05, 3.63) is 59.7 Å². The summed E-state index contributed by atoms with van der Waals surface area (Å²) in [6, 6.07) is 16.6. The smallest absolute Gasteiger partial charge is 0.119 e. The molecule has 0 saturated heterocycles. The van der Waals surface area contributed by atoms with Crippen molar-refractivity contribution in [1.29, 1.82) is 0 Å². The Morgan fingerprint density at radius 1 is 0.640 bits per heavy atom. The van der Waals surface area contributed by atoms with Gasteiger partial charge in [0.2, 0.25) is 0 Å². The first-order valence-electron chi connectivity index (χ1n) is 9.15. The van der Waals surface area contributed by atoms with Crippen LogP contribution in [-0.2, 0) is 17.6 Å². The van der Waals surface area contributed by atoms with E-state index in [2.05, 4.69) is 24.3 Å². The van der Waals surface area contributed by atoms with Gasteiger partial charge in [0.15, 0.2) is 0 Å². The van der Waals surface area contributed by atoms with Crippen LogP contribution in [0.3, 0.4) is 0 Å². The predicted octanol–water partition coefficient (Wildman–Crippen LogP) is 5.07. The number of benzene rings is 2. The maximum atomic E-state index is 5.75. The third-order valence-electron chi connectivity index (χ3n) is 4.28. The van der Waals surface area contributed by atoms with E-state index in [1.54, 1.807) is 14.2 Å². The molecular formula is C22H30O3. The van der Waals surface area contributed by atoms with E-state index < -0.39 is 0 Å². The van der Waals surface area contributed by atoms with E-state index in [1.807, 2.05) is 24.3 Å². The molecule has 0 heterocycles. The van der Waals surface area contributed by atoms with Gasteiger partial charge in [-0.15, -0.1) is 0 Å². The van der Waals surface area contributed by atoms with Gasteiger partial charge < -0.3 is 14.2 Å². The molecule has 0 bridgehead atoms. The molecule has 0 saturated carbocycles. The summed E-state index contributed by atoms with van der Waals surface area (Å²) in [6.07, 6.45) is 6.67. The quantitative estimate of drug-likeness (QED) is 0.504. The average molecular weight is 342 g/mol. The van der Waals surface area contributed by atoms with Crippen LogP contribution in [0, 0.1) is 0 Å². The lowest BCUT2D eigenvalue weighted by atomic mass is 10.1. The fraction of sp³-hybridized carbons (Fsp3) is 0.455. The molecule has 3 heteroatoms. The summed E-state index contributed by atoms with van der Waals surface area (Å²) in [4.78, 5) is 0. The molecule has 0 aliphatic heterocycles. The van der Waals surface area contributed by atoms with Crippen LogP contribution in [0.5, 0.6) is 11.5 Å². The molecule has 0 fully saturated rings.